The highest BCUT2D eigenvalue weighted by atomic mass is 16.1. The van der Waals surface area contributed by atoms with Crippen LogP contribution in [0.25, 0.3) is 6.08 Å². The Hall–Kier alpha value is -1.37. The standard InChI is InChI=1S/C16H22O/c1-13(10-11-15(17)16(2,3)4)12-14-8-6-5-7-9-14/h5-9,12H,10-11H2,1-4H3/b13-12-. The molecule has 0 atom stereocenters. The van der Waals surface area contributed by atoms with Crippen LogP contribution in [0.4, 0.5) is 0 Å². The van der Waals surface area contributed by atoms with E-state index in [0.717, 1.165) is 6.42 Å². The molecule has 0 aliphatic rings. The van der Waals surface area contributed by atoms with Gasteiger partial charge in [-0.3, -0.25) is 4.79 Å². The molecule has 1 aromatic rings. The van der Waals surface area contributed by atoms with E-state index in [9.17, 15) is 4.79 Å². The summed E-state index contributed by atoms with van der Waals surface area (Å²) in [4.78, 5) is 11.8. The minimum Gasteiger partial charge on any atom is -0.299 e. The van der Waals surface area contributed by atoms with Gasteiger partial charge < -0.3 is 0 Å². The van der Waals surface area contributed by atoms with Crippen molar-refractivity contribution < 1.29 is 4.79 Å². The Morgan fingerprint density at radius 1 is 1.12 bits per heavy atom. The van der Waals surface area contributed by atoms with E-state index in [1.54, 1.807) is 0 Å². The third kappa shape index (κ3) is 4.99. The number of ketones is 1. The third-order valence-electron chi connectivity index (χ3n) is 2.80. The number of carbonyl (C=O) groups is 1. The molecule has 0 bridgehead atoms. The lowest BCUT2D eigenvalue weighted by molar-refractivity contribution is -0.126. The molecule has 1 heteroatoms. The summed E-state index contributed by atoms with van der Waals surface area (Å²) >= 11 is 0. The Morgan fingerprint density at radius 3 is 2.24 bits per heavy atom. The number of carbonyl (C=O) groups excluding carboxylic acids is 1. The zero-order valence-corrected chi connectivity index (χ0v) is 11.3. The fourth-order valence-corrected chi connectivity index (χ4v) is 1.59. The normalized spacial score (nSPS) is 12.6. The summed E-state index contributed by atoms with van der Waals surface area (Å²) in [6, 6.07) is 10.2. The van der Waals surface area contributed by atoms with Crippen molar-refractivity contribution in [1.29, 1.82) is 0 Å². The van der Waals surface area contributed by atoms with Crippen molar-refractivity contribution >= 4 is 11.9 Å². The van der Waals surface area contributed by atoms with Gasteiger partial charge in [0, 0.05) is 11.8 Å². The van der Waals surface area contributed by atoms with Crippen LogP contribution in [0.2, 0.25) is 0 Å². The molecular weight excluding hydrogens is 208 g/mol. The predicted molar refractivity (Wildman–Crippen MR) is 73.8 cm³/mol. The van der Waals surface area contributed by atoms with E-state index < -0.39 is 0 Å². The van der Waals surface area contributed by atoms with E-state index >= 15 is 0 Å². The van der Waals surface area contributed by atoms with Crippen LogP contribution < -0.4 is 0 Å². The molecule has 0 saturated heterocycles. The van der Waals surface area contributed by atoms with Crippen molar-refractivity contribution in [2.75, 3.05) is 0 Å². The molecule has 0 spiro atoms. The molecular formula is C16H22O. The van der Waals surface area contributed by atoms with Crippen LogP contribution in [0.15, 0.2) is 35.9 Å². The molecule has 0 heterocycles. The first kappa shape index (κ1) is 13.7. The van der Waals surface area contributed by atoms with Crippen molar-refractivity contribution in [3.05, 3.63) is 41.5 Å². The van der Waals surface area contributed by atoms with E-state index in [-0.39, 0.29) is 5.41 Å². The van der Waals surface area contributed by atoms with Crippen LogP contribution in [0.3, 0.4) is 0 Å². The summed E-state index contributed by atoms with van der Waals surface area (Å²) < 4.78 is 0. The zero-order valence-electron chi connectivity index (χ0n) is 11.3. The molecule has 0 unspecified atom stereocenters. The molecule has 0 aromatic heterocycles. The van der Waals surface area contributed by atoms with E-state index in [4.69, 9.17) is 0 Å². The first-order valence-corrected chi connectivity index (χ1v) is 6.15. The molecule has 92 valence electrons. The van der Waals surface area contributed by atoms with Crippen LogP contribution in [-0.4, -0.2) is 5.78 Å². The van der Waals surface area contributed by atoms with Crippen molar-refractivity contribution in [1.82, 2.24) is 0 Å². The zero-order chi connectivity index (χ0) is 12.9. The number of benzene rings is 1. The minimum atomic E-state index is -0.215. The Morgan fingerprint density at radius 2 is 1.71 bits per heavy atom. The van der Waals surface area contributed by atoms with Crippen molar-refractivity contribution in [2.45, 2.75) is 40.5 Å². The van der Waals surface area contributed by atoms with Crippen molar-refractivity contribution in [3.63, 3.8) is 0 Å². The smallest absolute Gasteiger partial charge is 0.138 e. The molecule has 1 aromatic carbocycles. The van der Waals surface area contributed by atoms with Gasteiger partial charge in [0.15, 0.2) is 0 Å². The molecule has 0 amide bonds. The number of rotatable bonds is 4. The number of allylic oxidation sites excluding steroid dienone is 1. The number of hydrogen-bond acceptors (Lipinski definition) is 1. The molecule has 0 radical (unpaired) electrons. The van der Waals surface area contributed by atoms with E-state index in [1.807, 2.05) is 39.0 Å². The maximum Gasteiger partial charge on any atom is 0.138 e. The van der Waals surface area contributed by atoms with Gasteiger partial charge in [0.05, 0.1) is 0 Å². The molecule has 0 aliphatic heterocycles. The topological polar surface area (TPSA) is 17.1 Å². The molecule has 17 heavy (non-hydrogen) atoms. The highest BCUT2D eigenvalue weighted by molar-refractivity contribution is 5.83. The molecule has 1 nitrogen and oxygen atoms in total. The van der Waals surface area contributed by atoms with Gasteiger partial charge >= 0.3 is 0 Å². The molecule has 1 rings (SSSR count). The second-order valence-corrected chi connectivity index (χ2v) is 5.57. The van der Waals surface area contributed by atoms with Gasteiger partial charge in [-0.05, 0) is 18.9 Å². The number of hydrogen-bond donors (Lipinski definition) is 0. The highest BCUT2D eigenvalue weighted by Crippen LogP contribution is 2.20. The summed E-state index contributed by atoms with van der Waals surface area (Å²) in [6.45, 7) is 8.02. The Labute approximate surface area is 105 Å². The first-order valence-electron chi connectivity index (χ1n) is 6.15. The SMILES string of the molecule is C/C(=C/c1ccccc1)CCC(=O)C(C)(C)C. The van der Waals surface area contributed by atoms with E-state index in [1.165, 1.54) is 11.1 Å². The second kappa shape index (κ2) is 5.81. The summed E-state index contributed by atoms with van der Waals surface area (Å²) in [5.41, 5.74) is 2.24. The molecule has 0 fully saturated rings. The minimum absolute atomic E-state index is 0.215. The van der Waals surface area contributed by atoms with Gasteiger partial charge in [0.2, 0.25) is 0 Å². The van der Waals surface area contributed by atoms with Gasteiger partial charge in [0.1, 0.15) is 5.78 Å². The fourth-order valence-electron chi connectivity index (χ4n) is 1.59. The summed E-state index contributed by atoms with van der Waals surface area (Å²) in [7, 11) is 0. The fraction of sp³-hybridized carbons (Fsp3) is 0.438. The Balaban J connectivity index is 2.54. The average molecular weight is 230 g/mol. The lowest BCUT2D eigenvalue weighted by atomic mass is 9.87. The Kier molecular flexibility index (Phi) is 4.68. The highest BCUT2D eigenvalue weighted by Gasteiger charge is 2.20. The van der Waals surface area contributed by atoms with Gasteiger partial charge in [-0.1, -0.05) is 62.8 Å². The van der Waals surface area contributed by atoms with Crippen LogP contribution >= 0.6 is 0 Å². The van der Waals surface area contributed by atoms with Crippen molar-refractivity contribution in [3.8, 4) is 0 Å². The van der Waals surface area contributed by atoms with Gasteiger partial charge in [-0.25, -0.2) is 0 Å². The predicted octanol–water partition coefficient (Wildman–Crippen LogP) is 4.49. The lowest BCUT2D eigenvalue weighted by Crippen LogP contribution is -2.19. The molecule has 0 saturated carbocycles. The van der Waals surface area contributed by atoms with Crippen LogP contribution in [0.1, 0.15) is 46.1 Å². The van der Waals surface area contributed by atoms with Gasteiger partial charge in [-0.15, -0.1) is 0 Å². The largest absolute Gasteiger partial charge is 0.299 e. The first-order chi connectivity index (χ1) is 7.89. The quantitative estimate of drug-likeness (QED) is 0.745. The average Bonchev–Trinajstić information content (AvgIpc) is 2.26. The van der Waals surface area contributed by atoms with Crippen LogP contribution in [0.5, 0.6) is 0 Å². The van der Waals surface area contributed by atoms with Crippen LogP contribution in [0, 0.1) is 5.41 Å². The summed E-state index contributed by atoms with van der Waals surface area (Å²) in [6.07, 6.45) is 3.64. The monoisotopic (exact) mass is 230 g/mol. The van der Waals surface area contributed by atoms with Gasteiger partial charge in [0.25, 0.3) is 0 Å². The Bertz CT molecular complexity index is 393. The summed E-state index contributed by atoms with van der Waals surface area (Å²) in [5, 5.41) is 0. The van der Waals surface area contributed by atoms with E-state index in [2.05, 4.69) is 25.1 Å². The van der Waals surface area contributed by atoms with E-state index in [0.29, 0.717) is 12.2 Å². The van der Waals surface area contributed by atoms with Crippen molar-refractivity contribution in [2.24, 2.45) is 5.41 Å². The van der Waals surface area contributed by atoms with Crippen LogP contribution in [-0.2, 0) is 4.79 Å². The number of Topliss-reactive ketones (excluding diaryl/α,β-unsaturated/α-hetero) is 1. The van der Waals surface area contributed by atoms with Gasteiger partial charge in [-0.2, -0.15) is 0 Å². The summed E-state index contributed by atoms with van der Waals surface area (Å²) in [5.74, 6) is 0.332. The molecule has 0 aliphatic carbocycles. The maximum absolute atomic E-state index is 11.8. The maximum atomic E-state index is 11.8. The second-order valence-electron chi connectivity index (χ2n) is 5.57. The lowest BCUT2D eigenvalue weighted by Gasteiger charge is -2.16. The molecule has 0 N–H and O–H groups in total. The third-order valence-corrected chi connectivity index (χ3v) is 2.80.